The summed E-state index contributed by atoms with van der Waals surface area (Å²) in [5, 5.41) is 12.3. The fourth-order valence-electron chi connectivity index (χ4n) is 5.71. The summed E-state index contributed by atoms with van der Waals surface area (Å²) in [6.07, 6.45) is 1.14. The summed E-state index contributed by atoms with van der Waals surface area (Å²) >= 11 is 0. The van der Waals surface area contributed by atoms with Crippen LogP contribution in [0.15, 0.2) is 42.5 Å². The van der Waals surface area contributed by atoms with Crippen LogP contribution in [0.5, 0.6) is 0 Å². The van der Waals surface area contributed by atoms with E-state index in [2.05, 4.69) is 56.7 Å². The molecule has 10 nitrogen and oxygen atoms in total. The third-order valence-corrected chi connectivity index (χ3v) is 7.84. The van der Waals surface area contributed by atoms with E-state index in [1.54, 1.807) is 6.07 Å². The van der Waals surface area contributed by atoms with Gasteiger partial charge >= 0.3 is 6.03 Å². The van der Waals surface area contributed by atoms with Gasteiger partial charge in [0.1, 0.15) is 5.69 Å². The van der Waals surface area contributed by atoms with Crippen molar-refractivity contribution in [2.24, 2.45) is 0 Å². The van der Waals surface area contributed by atoms with E-state index in [0.717, 1.165) is 43.7 Å². The SMILES string of the molecule is CC(C)N1CCCN(c2ccc(-c3n[nH]c4c3C(=O)c3c(NC(=O)NN5CCOCC5)cccc3-4)cc2)CC1. The number of ketones is 1. The van der Waals surface area contributed by atoms with Gasteiger partial charge in [-0.05, 0) is 38.5 Å². The number of morpholine rings is 1. The molecule has 1 aliphatic carbocycles. The maximum Gasteiger partial charge on any atom is 0.333 e. The second kappa shape index (κ2) is 10.8. The molecule has 0 saturated carbocycles. The van der Waals surface area contributed by atoms with Gasteiger partial charge in [-0.2, -0.15) is 5.10 Å². The average Bonchev–Trinajstić information content (AvgIpc) is 3.38. The highest BCUT2D eigenvalue weighted by Gasteiger charge is 2.35. The summed E-state index contributed by atoms with van der Waals surface area (Å²) in [6.45, 7) is 11.1. The molecule has 10 heteroatoms. The molecule has 6 rings (SSSR count). The van der Waals surface area contributed by atoms with Gasteiger partial charge in [-0.15, -0.1) is 0 Å². The van der Waals surface area contributed by atoms with Crippen molar-refractivity contribution in [3.05, 3.63) is 53.6 Å². The monoisotopic (exact) mass is 529 g/mol. The minimum atomic E-state index is -0.382. The van der Waals surface area contributed by atoms with Gasteiger partial charge in [0.2, 0.25) is 0 Å². The number of hydrogen-bond acceptors (Lipinski definition) is 7. The highest BCUT2D eigenvalue weighted by molar-refractivity contribution is 6.26. The molecular weight excluding hydrogens is 494 g/mol. The number of amides is 2. The predicted octanol–water partition coefficient (Wildman–Crippen LogP) is 3.58. The first-order valence-corrected chi connectivity index (χ1v) is 13.8. The number of urea groups is 1. The van der Waals surface area contributed by atoms with Gasteiger partial charge in [-0.1, -0.05) is 24.3 Å². The second-order valence-corrected chi connectivity index (χ2v) is 10.6. The van der Waals surface area contributed by atoms with Crippen molar-refractivity contribution in [1.29, 1.82) is 0 Å². The number of hydrazine groups is 1. The first-order chi connectivity index (χ1) is 19.0. The topological polar surface area (TPSA) is 106 Å². The summed E-state index contributed by atoms with van der Waals surface area (Å²) in [5.74, 6) is -0.142. The van der Waals surface area contributed by atoms with Crippen LogP contribution >= 0.6 is 0 Å². The maximum atomic E-state index is 13.7. The summed E-state index contributed by atoms with van der Waals surface area (Å²) in [6, 6.07) is 14.0. The van der Waals surface area contributed by atoms with Crippen LogP contribution in [-0.2, 0) is 4.74 Å². The molecule has 2 amide bonds. The molecule has 2 saturated heterocycles. The number of benzene rings is 2. The molecule has 2 aliphatic heterocycles. The number of nitrogens with one attached hydrogen (secondary N) is 3. The van der Waals surface area contributed by atoms with Crippen molar-refractivity contribution in [1.82, 2.24) is 25.5 Å². The number of rotatable bonds is 5. The number of aromatic amines is 1. The quantitative estimate of drug-likeness (QED) is 0.363. The second-order valence-electron chi connectivity index (χ2n) is 10.6. The molecule has 0 spiro atoms. The van der Waals surface area contributed by atoms with E-state index in [-0.39, 0.29) is 11.8 Å². The van der Waals surface area contributed by atoms with E-state index in [1.807, 2.05) is 29.3 Å². The van der Waals surface area contributed by atoms with Gasteiger partial charge in [-0.25, -0.2) is 9.80 Å². The Labute approximate surface area is 228 Å². The Morgan fingerprint density at radius 2 is 1.77 bits per heavy atom. The Hall–Kier alpha value is -3.73. The standard InChI is InChI=1S/C29H35N7O3/c1-19(2)34-11-4-12-35(14-13-34)21-9-7-20(8-10-21)26-25-27(32-31-26)22-5-3-6-23(24(22)28(25)37)30-29(38)33-36-15-17-39-18-16-36/h3,5-10,19H,4,11-18H2,1-2H3,(H,31,32)(H2,30,33,38). The van der Waals surface area contributed by atoms with Gasteiger partial charge in [0.15, 0.2) is 5.78 Å². The van der Waals surface area contributed by atoms with Crippen molar-refractivity contribution < 1.29 is 14.3 Å². The number of aromatic nitrogens is 2. The van der Waals surface area contributed by atoms with Gasteiger partial charge in [0.25, 0.3) is 0 Å². The molecule has 204 valence electrons. The van der Waals surface area contributed by atoms with Crippen molar-refractivity contribution in [2.75, 3.05) is 62.7 Å². The van der Waals surface area contributed by atoms with E-state index in [9.17, 15) is 9.59 Å². The highest BCUT2D eigenvalue weighted by Crippen LogP contribution is 2.43. The summed E-state index contributed by atoms with van der Waals surface area (Å²) in [4.78, 5) is 31.3. The minimum Gasteiger partial charge on any atom is -0.379 e. The molecule has 3 heterocycles. The number of ether oxygens (including phenoxy) is 1. The van der Waals surface area contributed by atoms with Crippen molar-refractivity contribution >= 4 is 23.2 Å². The summed E-state index contributed by atoms with van der Waals surface area (Å²) in [7, 11) is 0. The van der Waals surface area contributed by atoms with E-state index in [0.29, 0.717) is 60.5 Å². The van der Waals surface area contributed by atoms with E-state index < -0.39 is 0 Å². The fourth-order valence-corrected chi connectivity index (χ4v) is 5.71. The van der Waals surface area contributed by atoms with E-state index in [1.165, 1.54) is 5.69 Å². The van der Waals surface area contributed by atoms with Crippen LogP contribution in [-0.4, -0.2) is 90.4 Å². The Balaban J connectivity index is 1.20. The molecule has 3 aliphatic rings. The molecule has 0 radical (unpaired) electrons. The zero-order valence-corrected chi connectivity index (χ0v) is 22.5. The fraction of sp³-hybridized carbons (Fsp3) is 0.414. The Kier molecular flexibility index (Phi) is 7.07. The molecule has 0 unspecified atom stereocenters. The first kappa shape index (κ1) is 25.5. The number of fused-ring (bicyclic) bond motifs is 3. The lowest BCUT2D eigenvalue weighted by atomic mass is 10.0. The van der Waals surface area contributed by atoms with Crippen LogP contribution in [0, 0.1) is 0 Å². The highest BCUT2D eigenvalue weighted by atomic mass is 16.5. The normalized spacial score (nSPS) is 18.1. The Morgan fingerprint density at radius 3 is 2.54 bits per heavy atom. The molecule has 3 aromatic rings. The first-order valence-electron chi connectivity index (χ1n) is 13.8. The molecular formula is C29H35N7O3. The van der Waals surface area contributed by atoms with Crippen molar-refractivity contribution in [3.8, 4) is 22.5 Å². The van der Waals surface area contributed by atoms with E-state index >= 15 is 0 Å². The lowest BCUT2D eigenvalue weighted by molar-refractivity contribution is 0.0207. The van der Waals surface area contributed by atoms with Crippen LogP contribution in [0.1, 0.15) is 36.2 Å². The molecule has 1 aromatic heterocycles. The Morgan fingerprint density at radius 1 is 0.974 bits per heavy atom. The summed E-state index contributed by atoms with van der Waals surface area (Å²) < 4.78 is 5.33. The third-order valence-electron chi connectivity index (χ3n) is 7.84. The molecule has 2 fully saturated rings. The van der Waals surface area contributed by atoms with Crippen LogP contribution in [0.4, 0.5) is 16.2 Å². The summed E-state index contributed by atoms with van der Waals surface area (Å²) in [5.41, 5.74) is 8.47. The zero-order valence-electron chi connectivity index (χ0n) is 22.5. The van der Waals surface area contributed by atoms with Gasteiger partial charge in [0, 0.05) is 62.1 Å². The lowest BCUT2D eigenvalue weighted by Gasteiger charge is -2.27. The number of H-pyrrole nitrogens is 1. The molecule has 0 bridgehead atoms. The maximum absolute atomic E-state index is 13.7. The number of carbonyl (C=O) groups is 2. The van der Waals surface area contributed by atoms with Crippen LogP contribution in [0.3, 0.4) is 0 Å². The van der Waals surface area contributed by atoms with Gasteiger partial charge in [-0.3, -0.25) is 20.2 Å². The van der Waals surface area contributed by atoms with Crippen LogP contribution in [0.25, 0.3) is 22.5 Å². The Bertz CT molecular complexity index is 1360. The number of hydrogen-bond donors (Lipinski definition) is 3. The van der Waals surface area contributed by atoms with Gasteiger partial charge in [0.05, 0.1) is 35.7 Å². The average molecular weight is 530 g/mol. The van der Waals surface area contributed by atoms with Crippen molar-refractivity contribution in [3.63, 3.8) is 0 Å². The lowest BCUT2D eigenvalue weighted by Crippen LogP contribution is -2.49. The largest absolute Gasteiger partial charge is 0.379 e. The molecule has 3 N–H and O–H groups in total. The zero-order chi connectivity index (χ0) is 26.9. The third kappa shape index (κ3) is 5.03. The molecule has 0 atom stereocenters. The van der Waals surface area contributed by atoms with Gasteiger partial charge < -0.3 is 15.0 Å². The molecule has 2 aromatic carbocycles. The number of nitrogens with zero attached hydrogens (tertiary/aromatic N) is 4. The molecule has 39 heavy (non-hydrogen) atoms. The van der Waals surface area contributed by atoms with E-state index in [4.69, 9.17) is 4.74 Å². The minimum absolute atomic E-state index is 0.142. The smallest absolute Gasteiger partial charge is 0.333 e. The van der Waals surface area contributed by atoms with Crippen LogP contribution < -0.4 is 15.6 Å². The van der Waals surface area contributed by atoms with Crippen LogP contribution in [0.2, 0.25) is 0 Å². The number of anilines is 2. The number of carbonyl (C=O) groups excluding carboxylic acids is 2. The van der Waals surface area contributed by atoms with Crippen molar-refractivity contribution in [2.45, 2.75) is 26.3 Å². The predicted molar refractivity (Wildman–Crippen MR) is 151 cm³/mol.